The second-order valence-corrected chi connectivity index (χ2v) is 10.1. The summed E-state index contributed by atoms with van der Waals surface area (Å²) in [6.45, 7) is 14.9. The summed E-state index contributed by atoms with van der Waals surface area (Å²) in [5, 5.41) is 0. The molecule has 0 aromatic rings. The zero-order valence-electron chi connectivity index (χ0n) is 16.6. The number of hydrogen-bond donors (Lipinski definition) is 0. The van der Waals surface area contributed by atoms with Crippen molar-refractivity contribution in [3.63, 3.8) is 0 Å². The third-order valence-electron chi connectivity index (χ3n) is 4.08. The van der Waals surface area contributed by atoms with E-state index in [1.165, 1.54) is 0 Å². The van der Waals surface area contributed by atoms with Crippen LogP contribution in [0, 0.1) is 0 Å². The van der Waals surface area contributed by atoms with Crippen LogP contribution < -0.4 is 0 Å². The second-order valence-electron chi connectivity index (χ2n) is 6.87. The van der Waals surface area contributed by atoms with Gasteiger partial charge in [0, 0.05) is 23.2 Å². The molecule has 25 heavy (non-hydrogen) atoms. The molecule has 144 valence electrons. The van der Waals surface area contributed by atoms with E-state index in [2.05, 4.69) is 27.0 Å². The highest BCUT2D eigenvalue weighted by molar-refractivity contribution is 6.70. The predicted molar refractivity (Wildman–Crippen MR) is 105 cm³/mol. The first-order valence-electron chi connectivity index (χ1n) is 9.55. The first kappa shape index (κ1) is 23.6. The van der Waals surface area contributed by atoms with Crippen LogP contribution in [0.1, 0.15) is 79.1 Å². The van der Waals surface area contributed by atoms with Crippen LogP contribution in [0.3, 0.4) is 0 Å². The number of unbranched alkanes of at least 4 members (excludes halogenated alkanes) is 6. The topological polar surface area (TPSA) is 52.6 Å². The summed E-state index contributed by atoms with van der Waals surface area (Å²) in [6.07, 6.45) is 8.42. The van der Waals surface area contributed by atoms with Crippen LogP contribution >= 0.6 is 0 Å². The summed E-state index contributed by atoms with van der Waals surface area (Å²) in [4.78, 5) is 24.4. The van der Waals surface area contributed by atoms with E-state index in [1.54, 1.807) is 13.8 Å². The molecule has 0 aliphatic heterocycles. The van der Waals surface area contributed by atoms with Crippen molar-refractivity contribution in [3.05, 3.63) is 24.3 Å². The maximum atomic E-state index is 12.2. The van der Waals surface area contributed by atoms with E-state index in [4.69, 9.17) is 8.85 Å². The van der Waals surface area contributed by atoms with Crippen molar-refractivity contribution < 1.29 is 18.4 Å². The zero-order chi connectivity index (χ0) is 19.3. The van der Waals surface area contributed by atoms with E-state index < -0.39 is 20.5 Å². The second kappa shape index (κ2) is 12.9. The van der Waals surface area contributed by atoms with Crippen LogP contribution in [0.5, 0.6) is 0 Å². The normalized spacial score (nSPS) is 11.0. The van der Waals surface area contributed by atoms with Gasteiger partial charge >= 0.3 is 20.5 Å². The van der Waals surface area contributed by atoms with Gasteiger partial charge in [0.25, 0.3) is 0 Å². The molecule has 5 heteroatoms. The van der Waals surface area contributed by atoms with Gasteiger partial charge in [-0.1, -0.05) is 65.5 Å². The minimum atomic E-state index is -2.97. The van der Waals surface area contributed by atoms with Crippen molar-refractivity contribution in [2.75, 3.05) is 0 Å². The maximum Gasteiger partial charge on any atom is 0.464 e. The first-order valence-corrected chi connectivity index (χ1v) is 11.8. The van der Waals surface area contributed by atoms with Crippen molar-refractivity contribution in [2.24, 2.45) is 0 Å². The molecule has 0 aliphatic rings. The fourth-order valence-corrected chi connectivity index (χ4v) is 5.81. The molecule has 0 saturated heterocycles. The van der Waals surface area contributed by atoms with Gasteiger partial charge < -0.3 is 8.85 Å². The SMILES string of the molecule is C=C(C)C(=O)O[Si](CCCCCC)(CCCCCC)OC(=O)C(=C)C. The number of carbonyl (C=O) groups is 2. The predicted octanol–water partition coefficient (Wildman–Crippen LogP) is 5.83. The Bertz CT molecular complexity index is 415. The molecule has 0 aromatic heterocycles. The average Bonchev–Trinajstić information content (AvgIpc) is 2.55. The van der Waals surface area contributed by atoms with Gasteiger partial charge in [-0.3, -0.25) is 0 Å². The average molecular weight is 369 g/mol. The number of carbonyl (C=O) groups excluding carboxylic acids is 2. The molecule has 0 atom stereocenters. The summed E-state index contributed by atoms with van der Waals surface area (Å²) < 4.78 is 11.6. The third kappa shape index (κ3) is 10.3. The van der Waals surface area contributed by atoms with Gasteiger partial charge in [0.05, 0.1) is 0 Å². The smallest absolute Gasteiger partial charge is 0.464 e. The van der Waals surface area contributed by atoms with Crippen LogP contribution in [0.25, 0.3) is 0 Å². The standard InChI is InChI=1S/C20H36O4Si/c1-7-9-11-13-15-25(16-14-12-10-8-2,23-19(21)17(3)4)24-20(22)18(5)6/h3,5,7-16H2,1-2,4,6H3. The Morgan fingerprint density at radius 3 is 1.36 bits per heavy atom. The molecule has 0 heterocycles. The highest BCUT2D eigenvalue weighted by atomic mass is 28.4. The Balaban J connectivity index is 5.25. The summed E-state index contributed by atoms with van der Waals surface area (Å²) in [6, 6.07) is 1.30. The Kier molecular flexibility index (Phi) is 12.2. The number of hydrogen-bond acceptors (Lipinski definition) is 4. The molecule has 0 radical (unpaired) electrons. The largest absolute Gasteiger partial charge is 0.481 e. The lowest BCUT2D eigenvalue weighted by atomic mass is 10.2. The number of rotatable bonds is 14. The minimum absolute atomic E-state index is 0.338. The molecule has 0 fully saturated rings. The van der Waals surface area contributed by atoms with Crippen LogP contribution in [0.15, 0.2) is 24.3 Å². The summed E-state index contributed by atoms with van der Waals surface area (Å²) in [7, 11) is -2.97. The van der Waals surface area contributed by atoms with Crippen molar-refractivity contribution in [3.8, 4) is 0 Å². The molecule has 0 unspecified atom stereocenters. The molecule has 0 amide bonds. The summed E-state index contributed by atoms with van der Waals surface area (Å²) in [5.74, 6) is -0.903. The van der Waals surface area contributed by atoms with Crippen molar-refractivity contribution in [1.29, 1.82) is 0 Å². The zero-order valence-corrected chi connectivity index (χ0v) is 17.6. The quantitative estimate of drug-likeness (QED) is 0.220. The van der Waals surface area contributed by atoms with Crippen LogP contribution in [0.4, 0.5) is 0 Å². The monoisotopic (exact) mass is 368 g/mol. The molecule has 0 rings (SSSR count). The molecular weight excluding hydrogens is 332 g/mol. The summed E-state index contributed by atoms with van der Waals surface area (Å²) in [5.41, 5.74) is 0.677. The molecule has 0 spiro atoms. The van der Waals surface area contributed by atoms with Crippen LogP contribution in [-0.2, 0) is 18.4 Å². The summed E-state index contributed by atoms with van der Waals surface area (Å²) >= 11 is 0. The maximum absolute atomic E-state index is 12.2. The lowest BCUT2D eigenvalue weighted by molar-refractivity contribution is -0.137. The third-order valence-corrected chi connectivity index (χ3v) is 7.42. The van der Waals surface area contributed by atoms with Gasteiger partial charge in [-0.05, 0) is 26.7 Å². The van der Waals surface area contributed by atoms with Crippen LogP contribution in [0.2, 0.25) is 12.1 Å². The first-order chi connectivity index (χ1) is 11.8. The fraction of sp³-hybridized carbons (Fsp3) is 0.700. The molecule has 0 N–H and O–H groups in total. The van der Waals surface area contributed by atoms with E-state index >= 15 is 0 Å². The fourth-order valence-electron chi connectivity index (χ4n) is 2.50. The minimum Gasteiger partial charge on any atom is -0.481 e. The van der Waals surface area contributed by atoms with Crippen molar-refractivity contribution >= 4 is 20.5 Å². The van der Waals surface area contributed by atoms with E-state index in [0.29, 0.717) is 23.2 Å². The lowest BCUT2D eigenvalue weighted by Gasteiger charge is -2.30. The van der Waals surface area contributed by atoms with Crippen molar-refractivity contribution in [1.82, 2.24) is 0 Å². The van der Waals surface area contributed by atoms with Gasteiger partial charge in [-0.2, -0.15) is 0 Å². The molecular formula is C20H36O4Si. The Labute approximate surface area is 154 Å². The Morgan fingerprint density at radius 2 is 1.08 bits per heavy atom. The van der Waals surface area contributed by atoms with E-state index in [-0.39, 0.29) is 0 Å². The van der Waals surface area contributed by atoms with Crippen LogP contribution in [-0.4, -0.2) is 20.5 Å². The molecule has 0 aromatic carbocycles. The molecule has 0 aliphatic carbocycles. The van der Waals surface area contributed by atoms with Gasteiger partial charge in [0.1, 0.15) is 0 Å². The highest BCUT2D eigenvalue weighted by Gasteiger charge is 2.44. The Morgan fingerprint density at radius 1 is 0.720 bits per heavy atom. The van der Waals surface area contributed by atoms with E-state index in [9.17, 15) is 9.59 Å². The van der Waals surface area contributed by atoms with Gasteiger partial charge in [0.2, 0.25) is 0 Å². The van der Waals surface area contributed by atoms with E-state index in [1.807, 2.05) is 0 Å². The Hall–Kier alpha value is -1.36. The highest BCUT2D eigenvalue weighted by Crippen LogP contribution is 2.28. The molecule has 0 saturated carbocycles. The molecule has 0 bridgehead atoms. The van der Waals surface area contributed by atoms with E-state index in [0.717, 1.165) is 51.4 Å². The lowest BCUT2D eigenvalue weighted by Crippen LogP contribution is -2.46. The van der Waals surface area contributed by atoms with Gasteiger partial charge in [-0.15, -0.1) is 0 Å². The van der Waals surface area contributed by atoms with Crippen molar-refractivity contribution in [2.45, 2.75) is 91.1 Å². The molecule has 4 nitrogen and oxygen atoms in total. The van der Waals surface area contributed by atoms with Gasteiger partial charge in [0.15, 0.2) is 0 Å². The van der Waals surface area contributed by atoms with Gasteiger partial charge in [-0.25, -0.2) is 9.59 Å².